The number of fused-ring (bicyclic) bond motifs is 1. The lowest BCUT2D eigenvalue weighted by Crippen LogP contribution is -2.47. The molecule has 24 heavy (non-hydrogen) atoms. The van der Waals surface area contributed by atoms with Crippen LogP contribution in [0.3, 0.4) is 0 Å². The van der Waals surface area contributed by atoms with Gasteiger partial charge in [-0.25, -0.2) is 4.98 Å². The van der Waals surface area contributed by atoms with Crippen molar-refractivity contribution in [3.05, 3.63) is 24.2 Å². The van der Waals surface area contributed by atoms with E-state index in [9.17, 15) is 4.79 Å². The lowest BCUT2D eigenvalue weighted by Gasteiger charge is -2.35. The van der Waals surface area contributed by atoms with Gasteiger partial charge in [-0.15, -0.1) is 0 Å². The van der Waals surface area contributed by atoms with Gasteiger partial charge in [0.15, 0.2) is 5.65 Å². The molecule has 2 aromatic rings. The topological polar surface area (TPSA) is 71.1 Å². The number of aromatic amines is 1. The van der Waals surface area contributed by atoms with Gasteiger partial charge in [0.25, 0.3) is 5.91 Å². The molecule has 0 saturated heterocycles. The molecule has 1 N–H and O–H groups in total. The van der Waals surface area contributed by atoms with E-state index in [0.717, 1.165) is 6.04 Å². The second kappa shape index (κ2) is 7.02. The van der Waals surface area contributed by atoms with Gasteiger partial charge < -0.3 is 14.6 Å². The predicted octanol–water partition coefficient (Wildman–Crippen LogP) is 3.51. The smallest absolute Gasteiger partial charge is 0.259 e. The van der Waals surface area contributed by atoms with E-state index < -0.39 is 8.07 Å². The quantitative estimate of drug-likeness (QED) is 0.493. The highest BCUT2D eigenvalue weighted by Gasteiger charge is 2.29. The molecule has 7 heteroatoms. The van der Waals surface area contributed by atoms with E-state index >= 15 is 0 Å². The van der Waals surface area contributed by atoms with Gasteiger partial charge >= 0.3 is 0 Å². The van der Waals surface area contributed by atoms with Crippen molar-refractivity contribution in [2.75, 3.05) is 13.3 Å². The van der Waals surface area contributed by atoms with E-state index in [1.54, 1.807) is 23.5 Å². The van der Waals surface area contributed by atoms with Crippen LogP contribution in [0.25, 0.3) is 11.2 Å². The van der Waals surface area contributed by atoms with Gasteiger partial charge in [0.1, 0.15) is 12.2 Å². The average Bonchev–Trinajstić information content (AvgIpc) is 2.88. The van der Waals surface area contributed by atoms with Crippen LogP contribution in [0, 0.1) is 0 Å². The molecule has 0 aliphatic carbocycles. The molecule has 6 nitrogen and oxygen atoms in total. The average molecular weight is 349 g/mol. The highest BCUT2D eigenvalue weighted by Crippen LogP contribution is 2.21. The van der Waals surface area contributed by atoms with Crippen molar-refractivity contribution in [2.45, 2.75) is 52.0 Å². The van der Waals surface area contributed by atoms with Crippen LogP contribution in [0.1, 0.15) is 31.1 Å². The summed E-state index contributed by atoms with van der Waals surface area (Å²) in [6, 6.07) is 1.08. The fourth-order valence-electron chi connectivity index (χ4n) is 2.25. The van der Waals surface area contributed by atoms with Gasteiger partial charge in [-0.2, -0.15) is 0 Å². The fourth-order valence-corrected chi connectivity index (χ4v) is 3.01. The van der Waals surface area contributed by atoms with Crippen molar-refractivity contribution >= 4 is 25.1 Å². The second-order valence-electron chi connectivity index (χ2n) is 8.21. The summed E-state index contributed by atoms with van der Waals surface area (Å²) < 4.78 is 5.82. The van der Waals surface area contributed by atoms with Gasteiger partial charge in [-0.05, 0) is 26.8 Å². The standard InChI is InChI=1S/C17H28N4O2Si/c1-17(2,3)21(12-23-9-10-24(4,5)6)16(22)13-11-20-15-14(13)18-7-8-19-15/h7-8,11H,9-10,12H2,1-6H3,(H,19,20). The Balaban J connectivity index is 2.14. The highest BCUT2D eigenvalue weighted by molar-refractivity contribution is 6.76. The number of hydrogen-bond acceptors (Lipinski definition) is 4. The van der Waals surface area contributed by atoms with Crippen LogP contribution in [-0.2, 0) is 4.74 Å². The van der Waals surface area contributed by atoms with Crippen LogP contribution >= 0.6 is 0 Å². The number of carbonyl (C=O) groups is 1. The predicted molar refractivity (Wildman–Crippen MR) is 98.8 cm³/mol. The lowest BCUT2D eigenvalue weighted by molar-refractivity contribution is -0.00438. The van der Waals surface area contributed by atoms with Crippen LogP contribution in [-0.4, -0.2) is 52.7 Å². The summed E-state index contributed by atoms with van der Waals surface area (Å²) in [7, 11) is -1.14. The zero-order chi connectivity index (χ0) is 18.0. The Morgan fingerprint density at radius 1 is 1.25 bits per heavy atom. The first-order valence-corrected chi connectivity index (χ1v) is 12.0. The Labute approximate surface area is 144 Å². The number of H-pyrrole nitrogens is 1. The summed E-state index contributed by atoms with van der Waals surface area (Å²) >= 11 is 0. The van der Waals surface area contributed by atoms with Crippen LogP contribution in [0.5, 0.6) is 0 Å². The first-order valence-electron chi connectivity index (χ1n) is 8.27. The molecule has 0 fully saturated rings. The molecular formula is C17H28N4O2Si. The number of nitrogens with one attached hydrogen (secondary N) is 1. The zero-order valence-electron chi connectivity index (χ0n) is 15.5. The summed E-state index contributed by atoms with van der Waals surface area (Å²) in [4.78, 5) is 26.2. The van der Waals surface area contributed by atoms with Crippen molar-refractivity contribution < 1.29 is 9.53 Å². The highest BCUT2D eigenvalue weighted by atomic mass is 28.3. The number of ether oxygens (including phenoxy) is 1. The molecule has 0 spiro atoms. The summed E-state index contributed by atoms with van der Waals surface area (Å²) in [5.74, 6) is -0.0951. The molecule has 0 aromatic carbocycles. The lowest BCUT2D eigenvalue weighted by atomic mass is 10.1. The molecule has 0 saturated carbocycles. The first kappa shape index (κ1) is 18.6. The zero-order valence-corrected chi connectivity index (χ0v) is 16.5. The van der Waals surface area contributed by atoms with Crippen molar-refractivity contribution in [1.82, 2.24) is 19.9 Å². The molecule has 0 bridgehead atoms. The largest absolute Gasteiger partial charge is 0.361 e. The maximum absolute atomic E-state index is 13.0. The minimum Gasteiger partial charge on any atom is -0.361 e. The minimum atomic E-state index is -1.14. The Kier molecular flexibility index (Phi) is 5.44. The van der Waals surface area contributed by atoms with E-state index in [4.69, 9.17) is 4.74 Å². The third-order valence-corrected chi connectivity index (χ3v) is 5.51. The fraction of sp³-hybridized carbons (Fsp3) is 0.588. The van der Waals surface area contributed by atoms with Crippen LogP contribution in [0.4, 0.5) is 0 Å². The van der Waals surface area contributed by atoms with E-state index in [0.29, 0.717) is 23.3 Å². The summed E-state index contributed by atoms with van der Waals surface area (Å²) in [5.41, 5.74) is 1.40. The Morgan fingerprint density at radius 3 is 2.54 bits per heavy atom. The van der Waals surface area contributed by atoms with E-state index in [-0.39, 0.29) is 18.2 Å². The monoisotopic (exact) mass is 348 g/mol. The van der Waals surface area contributed by atoms with Gasteiger partial charge in [-0.3, -0.25) is 9.78 Å². The van der Waals surface area contributed by atoms with Crippen LogP contribution in [0.15, 0.2) is 18.6 Å². The molecule has 132 valence electrons. The molecule has 0 atom stereocenters. The first-order chi connectivity index (χ1) is 11.1. The van der Waals surface area contributed by atoms with Gasteiger partial charge in [-0.1, -0.05) is 19.6 Å². The van der Waals surface area contributed by atoms with Crippen LogP contribution in [0.2, 0.25) is 25.7 Å². The number of aromatic nitrogens is 3. The molecule has 1 amide bonds. The molecule has 0 aliphatic rings. The summed E-state index contributed by atoms with van der Waals surface area (Å²) in [5, 5.41) is 0. The molecule has 0 unspecified atom stereocenters. The van der Waals surface area contributed by atoms with E-state index in [1.165, 1.54) is 0 Å². The van der Waals surface area contributed by atoms with Crippen molar-refractivity contribution in [2.24, 2.45) is 0 Å². The maximum atomic E-state index is 13.0. The van der Waals surface area contributed by atoms with E-state index in [2.05, 4.69) is 34.6 Å². The summed E-state index contributed by atoms with van der Waals surface area (Å²) in [6.45, 7) is 13.9. The normalized spacial score (nSPS) is 12.6. The molecule has 2 aromatic heterocycles. The third kappa shape index (κ3) is 4.64. The Hall–Kier alpha value is -1.73. The van der Waals surface area contributed by atoms with E-state index in [1.807, 2.05) is 20.8 Å². The molecular weight excluding hydrogens is 320 g/mol. The third-order valence-electron chi connectivity index (χ3n) is 3.81. The van der Waals surface area contributed by atoms with Crippen molar-refractivity contribution in [3.63, 3.8) is 0 Å². The second-order valence-corrected chi connectivity index (χ2v) is 13.8. The number of nitrogens with zero attached hydrogens (tertiary/aromatic N) is 3. The van der Waals surface area contributed by atoms with Crippen LogP contribution < -0.4 is 0 Å². The number of amides is 1. The maximum Gasteiger partial charge on any atom is 0.259 e. The Bertz CT molecular complexity index is 700. The SMILES string of the molecule is CC(C)(C)N(COCC[Si](C)(C)C)C(=O)c1c[nH]c2nccnc12. The Morgan fingerprint density at radius 2 is 1.92 bits per heavy atom. The number of hydrogen-bond donors (Lipinski definition) is 1. The van der Waals surface area contributed by atoms with Gasteiger partial charge in [0.05, 0.1) is 5.56 Å². The molecule has 2 rings (SSSR count). The van der Waals surface area contributed by atoms with Crippen molar-refractivity contribution in [1.29, 1.82) is 0 Å². The molecule has 2 heterocycles. The minimum absolute atomic E-state index is 0.0951. The van der Waals surface area contributed by atoms with Crippen molar-refractivity contribution in [3.8, 4) is 0 Å². The molecule has 0 aliphatic heterocycles. The molecule has 0 radical (unpaired) electrons. The summed E-state index contributed by atoms with van der Waals surface area (Å²) in [6.07, 6.45) is 4.88. The number of rotatable bonds is 6. The van der Waals surface area contributed by atoms with Gasteiger partial charge in [0.2, 0.25) is 0 Å². The number of carbonyl (C=O) groups excluding carboxylic acids is 1. The van der Waals surface area contributed by atoms with Gasteiger partial charge in [0, 0.05) is 38.8 Å².